The minimum Gasteiger partial charge on any atom is -0.486 e. The van der Waals surface area contributed by atoms with Gasteiger partial charge in [0.25, 0.3) is 0 Å². The molecule has 2 aromatic rings. The van der Waals surface area contributed by atoms with Gasteiger partial charge in [0.15, 0.2) is 11.5 Å². The first kappa shape index (κ1) is 16.9. The number of carbonyl (C=O) groups is 1. The van der Waals surface area contributed by atoms with Crippen molar-refractivity contribution in [2.24, 2.45) is 0 Å². The third-order valence-electron chi connectivity index (χ3n) is 3.84. The molecule has 0 saturated heterocycles. The lowest BCUT2D eigenvalue weighted by Crippen LogP contribution is -2.28. The average Bonchev–Trinajstić information content (AvgIpc) is 2.58. The van der Waals surface area contributed by atoms with Gasteiger partial charge in [-0.1, -0.05) is 35.3 Å². The monoisotopic (exact) mass is 365 g/mol. The normalized spacial score (nSPS) is 14.1. The summed E-state index contributed by atoms with van der Waals surface area (Å²) in [5.74, 6) is 1.28. The van der Waals surface area contributed by atoms with Gasteiger partial charge in [-0.05, 0) is 42.3 Å². The highest BCUT2D eigenvalue weighted by Gasteiger charge is 2.17. The molecule has 3 rings (SSSR count). The Balaban J connectivity index is 1.68. The molecule has 0 aliphatic carbocycles. The zero-order chi connectivity index (χ0) is 17.1. The summed E-state index contributed by atoms with van der Waals surface area (Å²) in [6.07, 6.45) is 0.132. The number of rotatable bonds is 4. The van der Waals surface area contributed by atoms with Crippen molar-refractivity contribution in [3.05, 3.63) is 57.6 Å². The third kappa shape index (κ3) is 3.77. The van der Waals surface area contributed by atoms with Crippen LogP contribution in [0.15, 0.2) is 36.4 Å². The molecule has 1 atom stereocenters. The third-order valence-corrected chi connectivity index (χ3v) is 4.55. The molecular weight excluding hydrogens is 349 g/mol. The van der Waals surface area contributed by atoms with Crippen molar-refractivity contribution in [1.82, 2.24) is 5.32 Å². The number of halogens is 2. The van der Waals surface area contributed by atoms with Crippen LogP contribution in [-0.2, 0) is 11.2 Å². The molecule has 0 radical (unpaired) electrons. The maximum Gasteiger partial charge on any atom is 0.225 e. The second-order valence-corrected chi connectivity index (χ2v) is 6.38. The zero-order valence-electron chi connectivity index (χ0n) is 13.1. The number of hydrogen-bond acceptors (Lipinski definition) is 3. The predicted molar refractivity (Wildman–Crippen MR) is 94.2 cm³/mol. The molecule has 0 spiro atoms. The molecule has 6 heteroatoms. The first-order chi connectivity index (χ1) is 11.5. The molecule has 1 amide bonds. The minimum absolute atomic E-state index is 0.132. The molecule has 126 valence electrons. The van der Waals surface area contributed by atoms with E-state index in [1.165, 1.54) is 0 Å². The maximum atomic E-state index is 12.3. The predicted octanol–water partition coefficient (Wildman–Crippen LogP) is 4.18. The van der Waals surface area contributed by atoms with E-state index in [-0.39, 0.29) is 18.4 Å². The first-order valence-electron chi connectivity index (χ1n) is 7.66. The van der Waals surface area contributed by atoms with Gasteiger partial charge in [-0.25, -0.2) is 0 Å². The molecule has 0 saturated carbocycles. The molecule has 0 aromatic heterocycles. The van der Waals surface area contributed by atoms with Crippen molar-refractivity contribution in [3.8, 4) is 11.5 Å². The van der Waals surface area contributed by atoms with E-state index >= 15 is 0 Å². The lowest BCUT2D eigenvalue weighted by molar-refractivity contribution is -0.121. The first-order valence-corrected chi connectivity index (χ1v) is 8.42. The topological polar surface area (TPSA) is 47.6 Å². The second kappa shape index (κ2) is 7.32. The highest BCUT2D eigenvalue weighted by atomic mass is 35.5. The summed E-state index contributed by atoms with van der Waals surface area (Å²) in [6.45, 7) is 3.00. The van der Waals surface area contributed by atoms with Crippen LogP contribution in [0.25, 0.3) is 0 Å². The molecule has 1 unspecified atom stereocenters. The fourth-order valence-electron chi connectivity index (χ4n) is 2.57. The smallest absolute Gasteiger partial charge is 0.225 e. The summed E-state index contributed by atoms with van der Waals surface area (Å²) in [7, 11) is 0. The van der Waals surface area contributed by atoms with Crippen molar-refractivity contribution in [2.75, 3.05) is 13.2 Å². The lowest BCUT2D eigenvalue weighted by Gasteiger charge is -2.21. The van der Waals surface area contributed by atoms with Crippen LogP contribution in [0.3, 0.4) is 0 Å². The van der Waals surface area contributed by atoms with E-state index in [1.807, 2.05) is 25.1 Å². The van der Waals surface area contributed by atoms with Gasteiger partial charge in [-0.3, -0.25) is 4.79 Å². The lowest BCUT2D eigenvalue weighted by atomic mass is 10.1. The Labute approximate surface area is 150 Å². The fourth-order valence-corrected chi connectivity index (χ4v) is 3.10. The van der Waals surface area contributed by atoms with Crippen LogP contribution in [0.2, 0.25) is 10.0 Å². The zero-order valence-corrected chi connectivity index (χ0v) is 14.7. The number of fused-ring (bicyclic) bond motifs is 1. The standard InChI is InChI=1S/C18H17Cl2NO3/c1-11(12-5-6-16-17(9-12)24-8-7-23-16)21-18(22)10-13-14(19)3-2-4-15(13)20/h2-6,9,11H,7-8,10H2,1H3,(H,21,22). The number of ether oxygens (including phenoxy) is 2. The molecule has 1 N–H and O–H groups in total. The quantitative estimate of drug-likeness (QED) is 0.883. The summed E-state index contributed by atoms with van der Waals surface area (Å²) in [4.78, 5) is 12.3. The average molecular weight is 366 g/mol. The van der Waals surface area contributed by atoms with E-state index in [0.717, 1.165) is 11.3 Å². The molecular formula is C18H17Cl2NO3. The van der Waals surface area contributed by atoms with Crippen LogP contribution >= 0.6 is 23.2 Å². The molecule has 2 aromatic carbocycles. The number of nitrogens with one attached hydrogen (secondary N) is 1. The fraction of sp³-hybridized carbons (Fsp3) is 0.278. The van der Waals surface area contributed by atoms with Crippen LogP contribution in [-0.4, -0.2) is 19.1 Å². The maximum absolute atomic E-state index is 12.3. The highest BCUT2D eigenvalue weighted by molar-refractivity contribution is 6.36. The van der Waals surface area contributed by atoms with Crippen LogP contribution in [0.5, 0.6) is 11.5 Å². The van der Waals surface area contributed by atoms with Gasteiger partial charge in [0.1, 0.15) is 13.2 Å². The van der Waals surface area contributed by atoms with E-state index < -0.39 is 0 Å². The molecule has 1 aliphatic heterocycles. The Hall–Kier alpha value is -1.91. The van der Waals surface area contributed by atoms with Crippen LogP contribution in [0.4, 0.5) is 0 Å². The Bertz CT molecular complexity index is 744. The molecule has 0 bridgehead atoms. The van der Waals surface area contributed by atoms with Gasteiger partial charge in [0, 0.05) is 10.0 Å². The Kier molecular flexibility index (Phi) is 5.17. The van der Waals surface area contributed by atoms with Gasteiger partial charge < -0.3 is 14.8 Å². The van der Waals surface area contributed by atoms with Gasteiger partial charge in [0.05, 0.1) is 12.5 Å². The Morgan fingerprint density at radius 3 is 2.50 bits per heavy atom. The highest BCUT2D eigenvalue weighted by Crippen LogP contribution is 2.32. The van der Waals surface area contributed by atoms with E-state index in [0.29, 0.717) is 34.6 Å². The van der Waals surface area contributed by atoms with Crippen LogP contribution in [0.1, 0.15) is 24.1 Å². The van der Waals surface area contributed by atoms with Gasteiger partial charge in [-0.15, -0.1) is 0 Å². The van der Waals surface area contributed by atoms with Gasteiger partial charge >= 0.3 is 0 Å². The largest absolute Gasteiger partial charge is 0.486 e. The molecule has 1 heterocycles. The van der Waals surface area contributed by atoms with Crippen molar-refractivity contribution in [2.45, 2.75) is 19.4 Å². The van der Waals surface area contributed by atoms with Crippen molar-refractivity contribution in [1.29, 1.82) is 0 Å². The summed E-state index contributed by atoms with van der Waals surface area (Å²) < 4.78 is 11.1. The van der Waals surface area contributed by atoms with Crippen molar-refractivity contribution in [3.63, 3.8) is 0 Å². The van der Waals surface area contributed by atoms with E-state index in [2.05, 4.69) is 5.32 Å². The Morgan fingerprint density at radius 2 is 1.79 bits per heavy atom. The van der Waals surface area contributed by atoms with Gasteiger partial charge in [0.2, 0.25) is 5.91 Å². The van der Waals surface area contributed by atoms with Crippen LogP contribution in [0, 0.1) is 0 Å². The molecule has 4 nitrogen and oxygen atoms in total. The number of hydrogen-bond donors (Lipinski definition) is 1. The summed E-state index contributed by atoms with van der Waals surface area (Å²) in [6, 6.07) is 10.7. The Morgan fingerprint density at radius 1 is 1.12 bits per heavy atom. The number of benzene rings is 2. The summed E-state index contributed by atoms with van der Waals surface area (Å²) in [5.41, 5.74) is 1.57. The van der Waals surface area contributed by atoms with E-state index in [4.69, 9.17) is 32.7 Å². The number of amides is 1. The molecule has 1 aliphatic rings. The summed E-state index contributed by atoms with van der Waals surface area (Å²) >= 11 is 12.2. The minimum atomic E-state index is -0.172. The van der Waals surface area contributed by atoms with Gasteiger partial charge in [-0.2, -0.15) is 0 Å². The van der Waals surface area contributed by atoms with E-state index in [1.54, 1.807) is 18.2 Å². The molecule has 0 fully saturated rings. The van der Waals surface area contributed by atoms with Crippen LogP contribution < -0.4 is 14.8 Å². The van der Waals surface area contributed by atoms with Crippen molar-refractivity contribution < 1.29 is 14.3 Å². The molecule has 24 heavy (non-hydrogen) atoms. The SMILES string of the molecule is CC(NC(=O)Cc1c(Cl)cccc1Cl)c1ccc2c(c1)OCCO2. The summed E-state index contributed by atoms with van der Waals surface area (Å²) in [5, 5.41) is 3.93. The second-order valence-electron chi connectivity index (χ2n) is 5.57. The van der Waals surface area contributed by atoms with Crippen molar-refractivity contribution >= 4 is 29.1 Å². The number of carbonyl (C=O) groups excluding carboxylic acids is 1. The van der Waals surface area contributed by atoms with E-state index in [9.17, 15) is 4.79 Å².